The summed E-state index contributed by atoms with van der Waals surface area (Å²) >= 11 is 0. The van der Waals surface area contributed by atoms with Crippen molar-refractivity contribution in [1.82, 2.24) is 0 Å². The van der Waals surface area contributed by atoms with E-state index in [1.807, 2.05) is 0 Å². The molecule has 3 N–H and O–H groups in total. The van der Waals surface area contributed by atoms with E-state index in [0.717, 1.165) is 0 Å². The molecular weight excluding hydrogens is 194 g/mol. The van der Waals surface area contributed by atoms with Gasteiger partial charge in [0, 0.05) is 5.57 Å². The minimum Gasteiger partial charge on any atom is -0.366 e. The number of allylic oxidation sites excluding steroid dienone is 1. The highest BCUT2D eigenvalue weighted by atomic mass is 32.2. The molecule has 0 aromatic rings. The van der Waals surface area contributed by atoms with Crippen LogP contribution in [0.1, 0.15) is 19.8 Å². The number of nitrogens with two attached hydrogens (primary N) is 1. The molecule has 76 valence electrons. The molecule has 0 aliphatic rings. The van der Waals surface area contributed by atoms with Gasteiger partial charge >= 0.3 is 0 Å². The van der Waals surface area contributed by atoms with Crippen LogP contribution in [0.3, 0.4) is 0 Å². The van der Waals surface area contributed by atoms with Crippen molar-refractivity contribution in [1.29, 1.82) is 0 Å². The van der Waals surface area contributed by atoms with Gasteiger partial charge in [0.15, 0.2) is 0 Å². The average Bonchev–Trinajstić information content (AvgIpc) is 1.95. The molecule has 0 heterocycles. The van der Waals surface area contributed by atoms with Gasteiger partial charge in [-0.1, -0.05) is 6.08 Å². The predicted molar refractivity (Wildman–Crippen MR) is 48.6 cm³/mol. The van der Waals surface area contributed by atoms with E-state index >= 15 is 0 Å². The SMILES string of the molecule is CC=C(CCCS(=O)(=O)O)C(N)=O. The van der Waals surface area contributed by atoms with E-state index in [1.54, 1.807) is 6.92 Å². The van der Waals surface area contributed by atoms with E-state index in [4.69, 9.17) is 10.3 Å². The Morgan fingerprint density at radius 1 is 1.54 bits per heavy atom. The summed E-state index contributed by atoms with van der Waals surface area (Å²) in [5.41, 5.74) is 5.36. The van der Waals surface area contributed by atoms with Crippen LogP contribution in [0.15, 0.2) is 11.6 Å². The Morgan fingerprint density at radius 2 is 2.08 bits per heavy atom. The maximum Gasteiger partial charge on any atom is 0.264 e. The zero-order chi connectivity index (χ0) is 10.5. The lowest BCUT2D eigenvalue weighted by Crippen LogP contribution is -2.14. The fraction of sp³-hybridized carbons (Fsp3) is 0.571. The van der Waals surface area contributed by atoms with Crippen molar-refractivity contribution in [2.75, 3.05) is 5.75 Å². The Kier molecular flexibility index (Phi) is 4.64. The van der Waals surface area contributed by atoms with Crippen molar-refractivity contribution in [3.8, 4) is 0 Å². The van der Waals surface area contributed by atoms with Gasteiger partial charge in [0.05, 0.1) is 5.75 Å². The van der Waals surface area contributed by atoms with Crippen LogP contribution in [-0.4, -0.2) is 24.6 Å². The Labute approximate surface area is 77.4 Å². The summed E-state index contributed by atoms with van der Waals surface area (Å²) < 4.78 is 29.0. The Hall–Kier alpha value is -0.880. The smallest absolute Gasteiger partial charge is 0.264 e. The van der Waals surface area contributed by atoms with E-state index in [2.05, 4.69) is 0 Å². The number of primary amides is 1. The van der Waals surface area contributed by atoms with Crippen LogP contribution in [0.25, 0.3) is 0 Å². The van der Waals surface area contributed by atoms with Crippen LogP contribution in [0.5, 0.6) is 0 Å². The third-order valence-electron chi connectivity index (χ3n) is 1.51. The first-order valence-corrected chi connectivity index (χ1v) is 5.38. The van der Waals surface area contributed by atoms with Gasteiger partial charge in [-0.25, -0.2) is 0 Å². The molecule has 0 aliphatic carbocycles. The van der Waals surface area contributed by atoms with Gasteiger partial charge in [0.2, 0.25) is 5.91 Å². The van der Waals surface area contributed by atoms with Gasteiger partial charge in [-0.05, 0) is 19.8 Å². The largest absolute Gasteiger partial charge is 0.366 e. The fourth-order valence-electron chi connectivity index (χ4n) is 0.855. The maximum absolute atomic E-state index is 10.6. The van der Waals surface area contributed by atoms with Crippen molar-refractivity contribution in [2.24, 2.45) is 5.73 Å². The number of amides is 1. The second-order valence-electron chi connectivity index (χ2n) is 2.57. The lowest BCUT2D eigenvalue weighted by molar-refractivity contribution is -0.114. The first-order chi connectivity index (χ1) is 5.87. The van der Waals surface area contributed by atoms with E-state index in [1.165, 1.54) is 6.08 Å². The molecule has 0 aromatic carbocycles. The molecule has 0 saturated heterocycles. The minimum atomic E-state index is -3.93. The molecular formula is C7H13NO4S. The lowest BCUT2D eigenvalue weighted by atomic mass is 10.1. The molecule has 0 atom stereocenters. The van der Waals surface area contributed by atoms with Crippen LogP contribution in [0, 0.1) is 0 Å². The lowest BCUT2D eigenvalue weighted by Gasteiger charge is -2.00. The van der Waals surface area contributed by atoms with Gasteiger partial charge in [-0.15, -0.1) is 0 Å². The summed E-state index contributed by atoms with van der Waals surface area (Å²) in [6, 6.07) is 0. The number of hydrogen-bond acceptors (Lipinski definition) is 3. The van der Waals surface area contributed by atoms with Crippen molar-refractivity contribution in [3.05, 3.63) is 11.6 Å². The van der Waals surface area contributed by atoms with Crippen molar-refractivity contribution >= 4 is 16.0 Å². The molecule has 1 amide bonds. The second kappa shape index (κ2) is 4.98. The quantitative estimate of drug-likeness (QED) is 0.493. The van der Waals surface area contributed by atoms with Crippen molar-refractivity contribution < 1.29 is 17.8 Å². The number of rotatable bonds is 5. The molecule has 0 saturated carbocycles. The monoisotopic (exact) mass is 207 g/mol. The Morgan fingerprint density at radius 3 is 2.38 bits per heavy atom. The van der Waals surface area contributed by atoms with E-state index in [0.29, 0.717) is 5.57 Å². The molecule has 6 heteroatoms. The molecule has 0 aromatic heterocycles. The highest BCUT2D eigenvalue weighted by Gasteiger charge is 2.07. The van der Waals surface area contributed by atoms with Gasteiger partial charge in [-0.2, -0.15) is 8.42 Å². The topological polar surface area (TPSA) is 97.5 Å². The second-order valence-corrected chi connectivity index (χ2v) is 4.14. The maximum atomic E-state index is 10.6. The summed E-state index contributed by atoms with van der Waals surface area (Å²) in [6.07, 6.45) is 2.00. The Bertz CT molecular complexity index is 304. The normalized spacial score (nSPS) is 12.9. The molecule has 13 heavy (non-hydrogen) atoms. The highest BCUT2D eigenvalue weighted by Crippen LogP contribution is 2.05. The third kappa shape index (κ3) is 6.30. The van der Waals surface area contributed by atoms with Gasteiger partial charge in [0.25, 0.3) is 10.1 Å². The number of carbonyl (C=O) groups excluding carboxylic acids is 1. The van der Waals surface area contributed by atoms with Crippen LogP contribution in [0.2, 0.25) is 0 Å². The zero-order valence-corrected chi connectivity index (χ0v) is 8.17. The molecule has 0 radical (unpaired) electrons. The van der Waals surface area contributed by atoms with E-state index < -0.39 is 16.0 Å². The molecule has 5 nitrogen and oxygen atoms in total. The molecule has 0 fully saturated rings. The third-order valence-corrected chi connectivity index (χ3v) is 2.32. The zero-order valence-electron chi connectivity index (χ0n) is 7.36. The number of hydrogen-bond donors (Lipinski definition) is 2. The van der Waals surface area contributed by atoms with Crippen LogP contribution >= 0.6 is 0 Å². The molecule has 0 spiro atoms. The van der Waals surface area contributed by atoms with Gasteiger partial charge < -0.3 is 5.73 Å². The van der Waals surface area contributed by atoms with Crippen LogP contribution in [-0.2, 0) is 14.9 Å². The van der Waals surface area contributed by atoms with E-state index in [9.17, 15) is 13.2 Å². The summed E-state index contributed by atoms with van der Waals surface area (Å²) in [6.45, 7) is 1.65. The molecule has 0 aliphatic heterocycles. The molecule has 0 unspecified atom stereocenters. The van der Waals surface area contributed by atoms with E-state index in [-0.39, 0.29) is 18.6 Å². The average molecular weight is 207 g/mol. The Balaban J connectivity index is 3.97. The fourth-order valence-corrected chi connectivity index (χ4v) is 1.36. The van der Waals surface area contributed by atoms with Crippen LogP contribution < -0.4 is 5.73 Å². The summed E-state index contributed by atoms with van der Waals surface area (Å²) in [4.78, 5) is 10.6. The summed E-state index contributed by atoms with van der Waals surface area (Å²) in [5, 5.41) is 0. The van der Waals surface area contributed by atoms with Crippen LogP contribution in [0.4, 0.5) is 0 Å². The summed E-state index contributed by atoms with van der Waals surface area (Å²) in [7, 11) is -3.93. The standard InChI is InChI=1S/C7H13NO4S/c1-2-6(7(8)9)4-3-5-13(10,11)12/h2H,3-5H2,1H3,(H2,8,9)(H,10,11,12). The number of carbonyl (C=O) groups is 1. The predicted octanol–water partition coefficient (Wildman–Crippen LogP) is 0.0860. The first kappa shape index (κ1) is 12.1. The van der Waals surface area contributed by atoms with Gasteiger partial charge in [0.1, 0.15) is 0 Å². The minimum absolute atomic E-state index is 0.196. The highest BCUT2D eigenvalue weighted by molar-refractivity contribution is 7.85. The molecule has 0 bridgehead atoms. The molecule has 0 rings (SSSR count). The van der Waals surface area contributed by atoms with Crippen molar-refractivity contribution in [3.63, 3.8) is 0 Å². The first-order valence-electron chi connectivity index (χ1n) is 3.77. The van der Waals surface area contributed by atoms with Crippen molar-refractivity contribution in [2.45, 2.75) is 19.8 Å². The van der Waals surface area contributed by atoms with Gasteiger partial charge in [-0.3, -0.25) is 9.35 Å². The summed E-state index contributed by atoms with van der Waals surface area (Å²) in [5.74, 6) is -0.907.